The first-order valence-corrected chi connectivity index (χ1v) is 7.36. The number of aliphatic hydroxyl groups excluding tert-OH is 1. The molecule has 0 saturated heterocycles. The summed E-state index contributed by atoms with van der Waals surface area (Å²) in [5.41, 5.74) is 2.57. The van der Waals surface area contributed by atoms with Crippen molar-refractivity contribution in [3.05, 3.63) is 58.1 Å². The molecule has 21 heavy (non-hydrogen) atoms. The number of hydrogen-bond acceptors (Lipinski definition) is 3. The number of aliphatic hydroxyl groups is 1. The fourth-order valence-corrected chi connectivity index (χ4v) is 2.62. The molecule has 3 rings (SSSR count). The molecule has 0 saturated carbocycles. The molecule has 0 spiro atoms. The molecule has 0 fully saturated rings. The molecule has 1 aliphatic rings. The van der Waals surface area contributed by atoms with Crippen molar-refractivity contribution in [2.45, 2.75) is 19.4 Å². The zero-order valence-electron chi connectivity index (χ0n) is 11.8. The maximum absolute atomic E-state index is 10.6. The molecule has 0 aliphatic carbocycles. The van der Waals surface area contributed by atoms with Crippen molar-refractivity contribution in [3.63, 3.8) is 0 Å². The van der Waals surface area contributed by atoms with Gasteiger partial charge in [-0.15, -0.1) is 0 Å². The molecule has 0 amide bonds. The summed E-state index contributed by atoms with van der Waals surface area (Å²) in [5.74, 6) is 1.41. The Hall–Kier alpha value is -1.71. The van der Waals surface area contributed by atoms with Crippen LogP contribution < -0.4 is 9.47 Å². The van der Waals surface area contributed by atoms with Gasteiger partial charge >= 0.3 is 0 Å². The van der Waals surface area contributed by atoms with E-state index in [0.717, 1.165) is 28.9 Å². The summed E-state index contributed by atoms with van der Waals surface area (Å²) in [6.45, 7) is 3.24. The lowest BCUT2D eigenvalue weighted by atomic mass is 9.97. The van der Waals surface area contributed by atoms with E-state index in [9.17, 15) is 5.11 Å². The molecule has 0 radical (unpaired) electrons. The predicted octanol–water partition coefficient (Wildman–Crippen LogP) is 3.89. The van der Waals surface area contributed by atoms with Gasteiger partial charge in [0, 0.05) is 11.4 Å². The third-order valence-electron chi connectivity index (χ3n) is 3.62. The first-order chi connectivity index (χ1) is 10.1. The van der Waals surface area contributed by atoms with Gasteiger partial charge in [-0.2, -0.15) is 0 Å². The highest BCUT2D eigenvalue weighted by molar-refractivity contribution is 6.30. The monoisotopic (exact) mass is 304 g/mol. The largest absolute Gasteiger partial charge is 0.490 e. The summed E-state index contributed by atoms with van der Waals surface area (Å²) in [6, 6.07) is 11.1. The van der Waals surface area contributed by atoms with Crippen molar-refractivity contribution < 1.29 is 14.6 Å². The van der Waals surface area contributed by atoms with Crippen LogP contribution in [0, 0.1) is 6.92 Å². The van der Waals surface area contributed by atoms with E-state index in [1.54, 1.807) is 6.07 Å². The molecule has 2 aromatic carbocycles. The first-order valence-electron chi connectivity index (χ1n) is 6.99. The van der Waals surface area contributed by atoms with E-state index < -0.39 is 6.10 Å². The third-order valence-corrected chi connectivity index (χ3v) is 3.86. The highest BCUT2D eigenvalue weighted by Gasteiger charge is 2.17. The van der Waals surface area contributed by atoms with Crippen LogP contribution in [0.5, 0.6) is 11.5 Å². The molecule has 1 heterocycles. The van der Waals surface area contributed by atoms with E-state index in [1.165, 1.54) is 0 Å². The molecule has 3 nitrogen and oxygen atoms in total. The molecular weight excluding hydrogens is 288 g/mol. The number of benzene rings is 2. The van der Waals surface area contributed by atoms with Crippen LogP contribution in [0.4, 0.5) is 0 Å². The molecule has 0 bridgehead atoms. The first kappa shape index (κ1) is 14.2. The molecular formula is C17H17ClO3. The Bertz CT molecular complexity index is 654. The normalized spacial score (nSPS) is 15.4. The van der Waals surface area contributed by atoms with Crippen LogP contribution in [0.2, 0.25) is 5.02 Å². The molecule has 1 atom stereocenters. The van der Waals surface area contributed by atoms with E-state index in [4.69, 9.17) is 21.1 Å². The number of rotatable bonds is 2. The van der Waals surface area contributed by atoms with Crippen LogP contribution in [0.1, 0.15) is 29.2 Å². The number of hydrogen-bond donors (Lipinski definition) is 1. The van der Waals surface area contributed by atoms with Crippen LogP contribution in [0.3, 0.4) is 0 Å². The third kappa shape index (κ3) is 2.99. The highest BCUT2D eigenvalue weighted by atomic mass is 35.5. The van der Waals surface area contributed by atoms with E-state index >= 15 is 0 Å². The second kappa shape index (κ2) is 5.96. The van der Waals surface area contributed by atoms with Crippen molar-refractivity contribution in [2.75, 3.05) is 13.2 Å². The van der Waals surface area contributed by atoms with Gasteiger partial charge in [0.25, 0.3) is 0 Å². The maximum atomic E-state index is 10.6. The van der Waals surface area contributed by atoms with Crippen LogP contribution in [-0.2, 0) is 0 Å². The van der Waals surface area contributed by atoms with Crippen molar-refractivity contribution >= 4 is 11.6 Å². The summed E-state index contributed by atoms with van der Waals surface area (Å²) < 4.78 is 11.3. The summed E-state index contributed by atoms with van der Waals surface area (Å²) >= 11 is 6.03. The van der Waals surface area contributed by atoms with Crippen LogP contribution in [0.15, 0.2) is 36.4 Å². The molecule has 4 heteroatoms. The topological polar surface area (TPSA) is 38.7 Å². The van der Waals surface area contributed by atoms with Gasteiger partial charge in [0.15, 0.2) is 11.5 Å². The number of fused-ring (bicyclic) bond motifs is 1. The minimum Gasteiger partial charge on any atom is -0.490 e. The smallest absolute Gasteiger partial charge is 0.161 e. The zero-order chi connectivity index (χ0) is 14.8. The number of ether oxygens (including phenoxy) is 2. The Morgan fingerprint density at radius 1 is 1.05 bits per heavy atom. The summed E-state index contributed by atoms with van der Waals surface area (Å²) in [7, 11) is 0. The Balaban J connectivity index is 1.96. The lowest BCUT2D eigenvalue weighted by Gasteiger charge is -2.16. The van der Waals surface area contributed by atoms with E-state index in [-0.39, 0.29) is 0 Å². The number of aryl methyl sites for hydroxylation is 1. The minimum absolute atomic E-state index is 0.615. The van der Waals surface area contributed by atoms with Crippen LogP contribution >= 0.6 is 11.6 Å². The Kier molecular flexibility index (Phi) is 4.04. The molecule has 1 N–H and O–H groups in total. The molecule has 1 unspecified atom stereocenters. The van der Waals surface area contributed by atoms with Gasteiger partial charge in [0.1, 0.15) is 6.10 Å². The fourth-order valence-electron chi connectivity index (χ4n) is 2.44. The average Bonchev–Trinajstić information content (AvgIpc) is 2.73. The lowest BCUT2D eigenvalue weighted by molar-refractivity contribution is 0.218. The predicted molar refractivity (Wildman–Crippen MR) is 82.3 cm³/mol. The van der Waals surface area contributed by atoms with E-state index in [1.807, 2.05) is 37.3 Å². The lowest BCUT2D eigenvalue weighted by Crippen LogP contribution is -2.03. The average molecular weight is 305 g/mol. The van der Waals surface area contributed by atoms with Crippen LogP contribution in [0.25, 0.3) is 0 Å². The Morgan fingerprint density at radius 2 is 1.81 bits per heavy atom. The Morgan fingerprint density at radius 3 is 2.62 bits per heavy atom. The number of halogens is 1. The standard InChI is InChI=1S/C17H17ClO3/c1-11-3-5-13(18)10-14(11)17(19)12-4-6-15-16(9-12)21-8-2-7-20-15/h3-6,9-10,17,19H,2,7-8H2,1H3. The summed E-state index contributed by atoms with van der Waals surface area (Å²) in [5, 5.41) is 11.2. The van der Waals surface area contributed by atoms with E-state index in [0.29, 0.717) is 24.0 Å². The summed E-state index contributed by atoms with van der Waals surface area (Å²) in [6.07, 6.45) is 0.126. The summed E-state index contributed by atoms with van der Waals surface area (Å²) in [4.78, 5) is 0. The molecule has 1 aliphatic heterocycles. The second-order valence-electron chi connectivity index (χ2n) is 5.16. The zero-order valence-corrected chi connectivity index (χ0v) is 12.6. The quantitative estimate of drug-likeness (QED) is 0.915. The van der Waals surface area contributed by atoms with Gasteiger partial charge < -0.3 is 14.6 Å². The minimum atomic E-state index is -0.735. The van der Waals surface area contributed by atoms with Gasteiger partial charge in [0.2, 0.25) is 0 Å². The van der Waals surface area contributed by atoms with Gasteiger partial charge in [-0.3, -0.25) is 0 Å². The molecule has 110 valence electrons. The Labute approximate surface area is 129 Å². The highest BCUT2D eigenvalue weighted by Crippen LogP contribution is 2.35. The van der Waals surface area contributed by atoms with Gasteiger partial charge in [0.05, 0.1) is 13.2 Å². The van der Waals surface area contributed by atoms with Crippen molar-refractivity contribution in [3.8, 4) is 11.5 Å². The van der Waals surface area contributed by atoms with Gasteiger partial charge in [-0.05, 0) is 47.9 Å². The SMILES string of the molecule is Cc1ccc(Cl)cc1C(O)c1ccc2c(c1)OCCCO2. The van der Waals surface area contributed by atoms with Gasteiger partial charge in [-0.25, -0.2) is 0 Å². The molecule has 0 aromatic heterocycles. The van der Waals surface area contributed by atoms with Crippen molar-refractivity contribution in [1.82, 2.24) is 0 Å². The van der Waals surface area contributed by atoms with E-state index in [2.05, 4.69) is 0 Å². The maximum Gasteiger partial charge on any atom is 0.161 e. The fraction of sp³-hybridized carbons (Fsp3) is 0.294. The van der Waals surface area contributed by atoms with Crippen LogP contribution in [-0.4, -0.2) is 18.3 Å². The van der Waals surface area contributed by atoms with Crippen molar-refractivity contribution in [1.29, 1.82) is 0 Å². The van der Waals surface area contributed by atoms with Gasteiger partial charge in [-0.1, -0.05) is 23.7 Å². The van der Waals surface area contributed by atoms with Crippen molar-refractivity contribution in [2.24, 2.45) is 0 Å². The molecule has 2 aromatic rings. The second-order valence-corrected chi connectivity index (χ2v) is 5.60.